The maximum Gasteiger partial charge on any atom is 0.308 e. The van der Waals surface area contributed by atoms with Crippen molar-refractivity contribution >= 4 is 17.8 Å². The smallest absolute Gasteiger partial charge is 0.308 e. The van der Waals surface area contributed by atoms with E-state index in [0.29, 0.717) is 31.6 Å². The number of para-hydroxylation sites is 1. The maximum atomic E-state index is 12.5. The van der Waals surface area contributed by atoms with E-state index in [1.165, 1.54) is 6.92 Å². The lowest BCUT2D eigenvalue weighted by atomic mass is 10.1. The van der Waals surface area contributed by atoms with E-state index >= 15 is 0 Å². The van der Waals surface area contributed by atoms with Crippen LogP contribution in [0.3, 0.4) is 0 Å². The van der Waals surface area contributed by atoms with Crippen molar-refractivity contribution in [2.75, 3.05) is 13.1 Å². The third-order valence-electron chi connectivity index (χ3n) is 4.45. The van der Waals surface area contributed by atoms with Crippen molar-refractivity contribution in [1.82, 2.24) is 10.2 Å². The zero-order valence-corrected chi connectivity index (χ0v) is 15.2. The molecule has 1 heterocycles. The van der Waals surface area contributed by atoms with Gasteiger partial charge in [-0.3, -0.25) is 14.4 Å². The molecule has 1 aliphatic heterocycles. The molecule has 1 N–H and O–H groups in total. The summed E-state index contributed by atoms with van der Waals surface area (Å²) >= 11 is 0. The van der Waals surface area contributed by atoms with Crippen molar-refractivity contribution in [2.24, 2.45) is 5.92 Å². The normalized spacial score (nSPS) is 16.3. The molecule has 1 unspecified atom stereocenters. The van der Waals surface area contributed by atoms with Crippen LogP contribution < -0.4 is 10.1 Å². The zero-order valence-electron chi connectivity index (χ0n) is 15.2. The van der Waals surface area contributed by atoms with Gasteiger partial charge in [0.25, 0.3) is 5.91 Å². The fourth-order valence-electron chi connectivity index (χ4n) is 3.18. The highest BCUT2D eigenvalue weighted by Gasteiger charge is 2.29. The molecule has 2 aromatic carbocycles. The topological polar surface area (TPSA) is 75.7 Å². The summed E-state index contributed by atoms with van der Waals surface area (Å²) < 4.78 is 5.08. The Hall–Kier alpha value is -3.15. The number of nitrogens with one attached hydrogen (secondary N) is 1. The number of ether oxygens (including phenoxy) is 1. The maximum absolute atomic E-state index is 12.5. The van der Waals surface area contributed by atoms with Gasteiger partial charge in [0, 0.05) is 38.9 Å². The number of carbonyl (C=O) groups is 3. The average molecular weight is 366 g/mol. The number of nitrogens with zero attached hydrogens (tertiary/aromatic N) is 1. The minimum atomic E-state index is -0.479. The zero-order chi connectivity index (χ0) is 19.2. The van der Waals surface area contributed by atoms with Crippen LogP contribution in [0.4, 0.5) is 0 Å². The second-order valence-electron chi connectivity index (χ2n) is 6.63. The Bertz CT molecular complexity index is 835. The van der Waals surface area contributed by atoms with Gasteiger partial charge in [0.1, 0.15) is 5.75 Å². The number of benzene rings is 2. The number of hydrogen-bond acceptors (Lipinski definition) is 4. The summed E-state index contributed by atoms with van der Waals surface area (Å²) in [7, 11) is 0. The summed E-state index contributed by atoms with van der Waals surface area (Å²) in [5, 5.41) is 2.85. The molecule has 6 heteroatoms. The van der Waals surface area contributed by atoms with E-state index in [9.17, 15) is 14.4 Å². The minimum absolute atomic E-state index is 0.0612. The molecule has 140 valence electrons. The van der Waals surface area contributed by atoms with Crippen LogP contribution in [0.15, 0.2) is 54.6 Å². The van der Waals surface area contributed by atoms with E-state index in [4.69, 9.17) is 4.74 Å². The Labute approximate surface area is 158 Å². The second-order valence-corrected chi connectivity index (χ2v) is 6.63. The standard InChI is InChI=1S/C21H22N2O4/c1-15(24)27-19-10-6-5-9-18(19)21(26)22-12-17-11-20(25)23(14-17)13-16-7-3-2-4-8-16/h2-10,17H,11-14H2,1H3,(H,22,26). The fraction of sp³-hybridized carbons (Fsp3) is 0.286. The molecular weight excluding hydrogens is 344 g/mol. The second kappa shape index (κ2) is 8.49. The van der Waals surface area contributed by atoms with Crippen molar-refractivity contribution in [3.8, 4) is 5.75 Å². The van der Waals surface area contributed by atoms with E-state index in [2.05, 4.69) is 5.32 Å². The summed E-state index contributed by atoms with van der Waals surface area (Å²) in [5.41, 5.74) is 1.39. The van der Waals surface area contributed by atoms with Gasteiger partial charge in [0.05, 0.1) is 5.56 Å². The van der Waals surface area contributed by atoms with Crippen LogP contribution in [-0.2, 0) is 16.1 Å². The molecule has 27 heavy (non-hydrogen) atoms. The lowest BCUT2D eigenvalue weighted by Gasteiger charge is -2.17. The summed E-state index contributed by atoms with van der Waals surface area (Å²) in [6.45, 7) is 2.88. The van der Waals surface area contributed by atoms with Gasteiger partial charge in [0.2, 0.25) is 5.91 Å². The van der Waals surface area contributed by atoms with E-state index in [1.54, 1.807) is 24.3 Å². The van der Waals surface area contributed by atoms with Crippen LogP contribution >= 0.6 is 0 Å². The summed E-state index contributed by atoms with van der Waals surface area (Å²) in [4.78, 5) is 37.7. The average Bonchev–Trinajstić information content (AvgIpc) is 3.00. The highest BCUT2D eigenvalue weighted by atomic mass is 16.5. The number of amides is 2. The Morgan fingerprint density at radius 3 is 2.56 bits per heavy atom. The van der Waals surface area contributed by atoms with E-state index < -0.39 is 5.97 Å². The summed E-state index contributed by atoms with van der Waals surface area (Å²) in [6.07, 6.45) is 0.415. The van der Waals surface area contributed by atoms with Crippen LogP contribution in [0.2, 0.25) is 0 Å². The number of esters is 1. The van der Waals surface area contributed by atoms with Gasteiger partial charge in [-0.15, -0.1) is 0 Å². The third kappa shape index (κ3) is 4.94. The molecule has 0 bridgehead atoms. The van der Waals surface area contributed by atoms with Crippen LogP contribution in [0, 0.1) is 5.92 Å². The number of carbonyl (C=O) groups excluding carboxylic acids is 3. The molecule has 1 aliphatic rings. The predicted octanol–water partition coefficient (Wildman–Crippen LogP) is 2.39. The van der Waals surface area contributed by atoms with Crippen LogP contribution in [0.1, 0.15) is 29.3 Å². The van der Waals surface area contributed by atoms with Crippen molar-refractivity contribution in [3.63, 3.8) is 0 Å². The van der Waals surface area contributed by atoms with Crippen molar-refractivity contribution < 1.29 is 19.1 Å². The summed E-state index contributed by atoms with van der Waals surface area (Å²) in [6, 6.07) is 16.4. The molecule has 0 radical (unpaired) electrons. The van der Waals surface area contributed by atoms with Crippen LogP contribution in [0.25, 0.3) is 0 Å². The van der Waals surface area contributed by atoms with Gasteiger partial charge in [0.15, 0.2) is 0 Å². The van der Waals surface area contributed by atoms with Crippen molar-refractivity contribution in [2.45, 2.75) is 19.9 Å². The predicted molar refractivity (Wildman–Crippen MR) is 100 cm³/mol. The molecule has 2 aromatic rings. The Kier molecular flexibility index (Phi) is 5.86. The van der Waals surface area contributed by atoms with Gasteiger partial charge in [-0.2, -0.15) is 0 Å². The monoisotopic (exact) mass is 366 g/mol. The molecule has 2 amide bonds. The minimum Gasteiger partial charge on any atom is -0.426 e. The van der Waals surface area contributed by atoms with Crippen molar-refractivity contribution in [1.29, 1.82) is 0 Å². The molecule has 1 saturated heterocycles. The molecule has 0 saturated carbocycles. The lowest BCUT2D eigenvalue weighted by molar-refractivity contribution is -0.132. The fourth-order valence-corrected chi connectivity index (χ4v) is 3.18. The SMILES string of the molecule is CC(=O)Oc1ccccc1C(=O)NCC1CC(=O)N(Cc2ccccc2)C1. The molecule has 6 nitrogen and oxygen atoms in total. The molecule has 0 aliphatic carbocycles. The van der Waals surface area contributed by atoms with E-state index in [1.807, 2.05) is 35.2 Å². The number of likely N-dealkylation sites (tertiary alicyclic amines) is 1. The summed E-state index contributed by atoms with van der Waals surface area (Å²) in [5.74, 6) is -0.408. The first-order valence-corrected chi connectivity index (χ1v) is 8.90. The van der Waals surface area contributed by atoms with Crippen LogP contribution in [0.5, 0.6) is 5.75 Å². The third-order valence-corrected chi connectivity index (χ3v) is 4.45. The highest BCUT2D eigenvalue weighted by molar-refractivity contribution is 5.97. The van der Waals surface area contributed by atoms with Crippen LogP contribution in [-0.4, -0.2) is 35.8 Å². The Morgan fingerprint density at radius 2 is 1.81 bits per heavy atom. The number of rotatable bonds is 6. The molecule has 1 atom stereocenters. The van der Waals surface area contributed by atoms with Gasteiger partial charge in [-0.05, 0) is 17.7 Å². The molecule has 1 fully saturated rings. The van der Waals surface area contributed by atoms with E-state index in [-0.39, 0.29) is 23.5 Å². The van der Waals surface area contributed by atoms with Gasteiger partial charge >= 0.3 is 5.97 Å². The molecule has 0 spiro atoms. The first-order chi connectivity index (χ1) is 13.0. The highest BCUT2D eigenvalue weighted by Crippen LogP contribution is 2.21. The van der Waals surface area contributed by atoms with Crippen molar-refractivity contribution in [3.05, 3.63) is 65.7 Å². The Balaban J connectivity index is 1.56. The van der Waals surface area contributed by atoms with Gasteiger partial charge in [-0.1, -0.05) is 42.5 Å². The van der Waals surface area contributed by atoms with Gasteiger partial charge < -0.3 is 15.0 Å². The lowest BCUT2D eigenvalue weighted by Crippen LogP contribution is -2.31. The van der Waals surface area contributed by atoms with E-state index in [0.717, 1.165) is 5.56 Å². The number of hydrogen-bond donors (Lipinski definition) is 1. The largest absolute Gasteiger partial charge is 0.426 e. The molecular formula is C21H22N2O4. The van der Waals surface area contributed by atoms with Gasteiger partial charge in [-0.25, -0.2) is 0 Å². The molecule has 0 aromatic heterocycles. The first-order valence-electron chi connectivity index (χ1n) is 8.90. The quantitative estimate of drug-likeness (QED) is 0.629. The Morgan fingerprint density at radius 1 is 1.11 bits per heavy atom. The first kappa shape index (κ1) is 18.6. The molecule has 3 rings (SSSR count).